The van der Waals surface area contributed by atoms with Crippen LogP contribution < -0.4 is 10.5 Å². The Hall–Kier alpha value is -3.32. The number of nitrogens with two attached hydrogens (primary N) is 1. The van der Waals surface area contributed by atoms with Crippen molar-refractivity contribution >= 4 is 6.03 Å². The first-order valence-electron chi connectivity index (χ1n) is 7.23. The number of carbonyl (C=O) groups is 1. The van der Waals surface area contributed by atoms with Gasteiger partial charge in [0.2, 0.25) is 0 Å². The number of hydroxylamine groups is 2. The molecule has 0 atom stereocenters. The molecule has 0 bridgehead atoms. The zero-order chi connectivity index (χ0) is 16.9. The highest BCUT2D eigenvalue weighted by Gasteiger charge is 2.07. The molecule has 0 saturated carbocycles. The van der Waals surface area contributed by atoms with Crippen LogP contribution in [0.1, 0.15) is 5.56 Å². The second-order valence-electron chi connectivity index (χ2n) is 5.11. The lowest BCUT2D eigenvalue weighted by molar-refractivity contribution is -0.0470. The maximum Gasteiger partial charge on any atom is 0.338 e. The van der Waals surface area contributed by atoms with Gasteiger partial charge in [0.1, 0.15) is 11.5 Å². The molecule has 0 spiro atoms. The molecule has 3 aromatic rings. The Morgan fingerprint density at radius 2 is 2.00 bits per heavy atom. The van der Waals surface area contributed by atoms with Crippen molar-refractivity contribution in [2.45, 2.75) is 6.54 Å². The average Bonchev–Trinajstić information content (AvgIpc) is 3.10. The van der Waals surface area contributed by atoms with Crippen LogP contribution in [-0.2, 0) is 6.54 Å². The molecular weight excluding hydrogens is 308 g/mol. The fourth-order valence-corrected chi connectivity index (χ4v) is 2.19. The quantitative estimate of drug-likeness (QED) is 0.557. The Bertz CT molecular complexity index is 816. The predicted molar refractivity (Wildman–Crippen MR) is 87.0 cm³/mol. The number of imidazole rings is 1. The van der Waals surface area contributed by atoms with E-state index in [4.69, 9.17) is 10.5 Å². The second kappa shape index (κ2) is 6.84. The molecule has 0 radical (unpaired) electrons. The zero-order valence-corrected chi connectivity index (χ0v) is 12.7. The van der Waals surface area contributed by atoms with Gasteiger partial charge in [-0.3, -0.25) is 5.21 Å². The van der Waals surface area contributed by atoms with E-state index in [1.807, 2.05) is 35.0 Å². The molecular formula is C17H16N4O3. The summed E-state index contributed by atoms with van der Waals surface area (Å²) in [6.07, 6.45) is 5.30. The number of amides is 2. The summed E-state index contributed by atoms with van der Waals surface area (Å²) in [7, 11) is 0. The molecule has 3 N–H and O–H groups in total. The second-order valence-corrected chi connectivity index (χ2v) is 5.11. The minimum atomic E-state index is -0.906. The van der Waals surface area contributed by atoms with E-state index < -0.39 is 6.03 Å². The average molecular weight is 324 g/mol. The molecule has 122 valence electrons. The zero-order valence-electron chi connectivity index (χ0n) is 12.7. The summed E-state index contributed by atoms with van der Waals surface area (Å²) in [5.41, 5.74) is 6.67. The lowest BCUT2D eigenvalue weighted by Crippen LogP contribution is -2.31. The topological polar surface area (TPSA) is 93.6 Å². The van der Waals surface area contributed by atoms with Crippen LogP contribution in [0, 0.1) is 0 Å². The van der Waals surface area contributed by atoms with E-state index in [1.54, 1.807) is 36.8 Å². The van der Waals surface area contributed by atoms with Crippen molar-refractivity contribution in [1.29, 1.82) is 0 Å². The van der Waals surface area contributed by atoms with E-state index in [1.165, 1.54) is 0 Å². The van der Waals surface area contributed by atoms with Crippen molar-refractivity contribution in [1.82, 2.24) is 14.6 Å². The van der Waals surface area contributed by atoms with Gasteiger partial charge in [0.15, 0.2) is 0 Å². The minimum Gasteiger partial charge on any atom is -0.457 e. The molecule has 2 aromatic carbocycles. The number of hydrogen-bond donors (Lipinski definition) is 2. The number of hydrogen-bond acceptors (Lipinski definition) is 4. The van der Waals surface area contributed by atoms with Gasteiger partial charge >= 0.3 is 6.03 Å². The number of primary amides is 1. The van der Waals surface area contributed by atoms with Crippen LogP contribution in [-0.4, -0.2) is 25.9 Å². The molecule has 0 fully saturated rings. The van der Waals surface area contributed by atoms with Crippen LogP contribution in [0.4, 0.5) is 4.79 Å². The van der Waals surface area contributed by atoms with E-state index in [0.717, 1.165) is 5.69 Å². The van der Waals surface area contributed by atoms with Crippen LogP contribution in [0.15, 0.2) is 67.3 Å². The van der Waals surface area contributed by atoms with Crippen LogP contribution in [0.25, 0.3) is 5.69 Å². The first-order chi connectivity index (χ1) is 11.6. The van der Waals surface area contributed by atoms with Gasteiger partial charge in [0, 0.05) is 18.1 Å². The largest absolute Gasteiger partial charge is 0.457 e. The first kappa shape index (κ1) is 15.6. The van der Waals surface area contributed by atoms with Gasteiger partial charge in [0.05, 0.1) is 12.9 Å². The third-order valence-corrected chi connectivity index (χ3v) is 3.36. The van der Waals surface area contributed by atoms with Gasteiger partial charge in [-0.05, 0) is 42.0 Å². The summed E-state index contributed by atoms with van der Waals surface area (Å²) >= 11 is 0. The first-order valence-corrected chi connectivity index (χ1v) is 7.23. The highest BCUT2D eigenvalue weighted by atomic mass is 16.5. The number of nitrogens with zero attached hydrogens (tertiary/aromatic N) is 3. The summed E-state index contributed by atoms with van der Waals surface area (Å²) in [4.78, 5) is 14.9. The van der Waals surface area contributed by atoms with E-state index >= 15 is 0 Å². The Kier molecular flexibility index (Phi) is 4.44. The van der Waals surface area contributed by atoms with Gasteiger partial charge in [-0.15, -0.1) is 0 Å². The Morgan fingerprint density at radius 1 is 1.21 bits per heavy atom. The highest BCUT2D eigenvalue weighted by molar-refractivity contribution is 5.70. The van der Waals surface area contributed by atoms with Gasteiger partial charge in [-0.25, -0.2) is 14.8 Å². The molecule has 3 rings (SSSR count). The molecule has 0 aliphatic rings. The van der Waals surface area contributed by atoms with Gasteiger partial charge in [-0.1, -0.05) is 12.1 Å². The SMILES string of the molecule is NC(=O)N(O)Cc1cccc(Oc2ccc(-n3ccnc3)cc2)c1. The van der Waals surface area contributed by atoms with Crippen molar-refractivity contribution in [2.24, 2.45) is 5.73 Å². The number of carbonyl (C=O) groups excluding carboxylic acids is 1. The van der Waals surface area contributed by atoms with Crippen LogP contribution >= 0.6 is 0 Å². The normalized spacial score (nSPS) is 10.4. The molecule has 0 aliphatic carbocycles. The third-order valence-electron chi connectivity index (χ3n) is 3.36. The third kappa shape index (κ3) is 3.71. The van der Waals surface area contributed by atoms with Crippen LogP contribution in [0.3, 0.4) is 0 Å². The van der Waals surface area contributed by atoms with Crippen molar-refractivity contribution in [3.05, 3.63) is 72.8 Å². The summed E-state index contributed by atoms with van der Waals surface area (Å²) in [6.45, 7) is -0.00784. The lowest BCUT2D eigenvalue weighted by Gasteiger charge is -2.13. The standard InChI is InChI=1S/C17H16N4O3/c18-17(22)21(23)11-13-2-1-3-16(10-13)24-15-6-4-14(5-7-15)20-9-8-19-12-20/h1-10,12,23H,11H2,(H2,18,22). The number of benzene rings is 2. The Labute approximate surface area is 138 Å². The molecule has 0 saturated heterocycles. The fourth-order valence-electron chi connectivity index (χ4n) is 2.19. The Morgan fingerprint density at radius 3 is 2.67 bits per heavy atom. The minimum absolute atomic E-state index is 0.00784. The van der Waals surface area contributed by atoms with Crippen molar-refractivity contribution in [3.8, 4) is 17.2 Å². The molecule has 2 amide bonds. The van der Waals surface area contributed by atoms with E-state index in [-0.39, 0.29) is 6.54 Å². The highest BCUT2D eigenvalue weighted by Crippen LogP contribution is 2.24. The molecule has 0 aliphatic heterocycles. The number of urea groups is 1. The fraction of sp³-hybridized carbons (Fsp3) is 0.0588. The number of ether oxygens (including phenoxy) is 1. The predicted octanol–water partition coefficient (Wildman–Crippen LogP) is 2.93. The summed E-state index contributed by atoms with van der Waals surface area (Å²) in [6, 6.07) is 13.7. The molecule has 7 heteroatoms. The summed E-state index contributed by atoms with van der Waals surface area (Å²) in [5.74, 6) is 1.27. The van der Waals surface area contributed by atoms with E-state index in [2.05, 4.69) is 4.98 Å². The monoisotopic (exact) mass is 324 g/mol. The molecule has 1 aromatic heterocycles. The van der Waals surface area contributed by atoms with Gasteiger partial charge < -0.3 is 15.0 Å². The van der Waals surface area contributed by atoms with Crippen molar-refractivity contribution in [2.75, 3.05) is 0 Å². The van der Waals surface area contributed by atoms with Crippen LogP contribution in [0.5, 0.6) is 11.5 Å². The van der Waals surface area contributed by atoms with Gasteiger partial charge in [-0.2, -0.15) is 0 Å². The molecule has 24 heavy (non-hydrogen) atoms. The van der Waals surface area contributed by atoms with Crippen molar-refractivity contribution < 1.29 is 14.7 Å². The van der Waals surface area contributed by atoms with Gasteiger partial charge in [0.25, 0.3) is 0 Å². The number of aromatic nitrogens is 2. The van der Waals surface area contributed by atoms with E-state index in [9.17, 15) is 10.0 Å². The van der Waals surface area contributed by atoms with E-state index in [0.29, 0.717) is 22.1 Å². The Balaban J connectivity index is 1.70. The van der Waals surface area contributed by atoms with Crippen molar-refractivity contribution in [3.63, 3.8) is 0 Å². The maximum absolute atomic E-state index is 10.9. The smallest absolute Gasteiger partial charge is 0.338 e. The summed E-state index contributed by atoms with van der Waals surface area (Å²) < 4.78 is 7.69. The molecule has 1 heterocycles. The summed E-state index contributed by atoms with van der Waals surface area (Å²) in [5, 5.41) is 9.84. The van der Waals surface area contributed by atoms with Crippen LogP contribution in [0.2, 0.25) is 0 Å². The molecule has 7 nitrogen and oxygen atoms in total. The molecule has 0 unspecified atom stereocenters. The number of rotatable bonds is 5. The lowest BCUT2D eigenvalue weighted by atomic mass is 10.2. The maximum atomic E-state index is 10.9.